The maximum Gasteiger partial charge on any atom is 0.265 e. The third-order valence-corrected chi connectivity index (χ3v) is 3.10. The van der Waals surface area contributed by atoms with Crippen molar-refractivity contribution < 1.29 is 17.5 Å². The lowest BCUT2D eigenvalue weighted by atomic mass is 10.3. The second kappa shape index (κ2) is 3.92. The molecule has 1 rings (SSSR count). The average Bonchev–Trinajstić information content (AvgIpc) is 2.07. The Morgan fingerprint density at radius 1 is 1.43 bits per heavy atom. The van der Waals surface area contributed by atoms with Crippen molar-refractivity contribution in [3.05, 3.63) is 23.0 Å². The van der Waals surface area contributed by atoms with Crippen molar-refractivity contribution in [3.8, 4) is 5.75 Å². The van der Waals surface area contributed by atoms with Crippen LogP contribution in [0.1, 0.15) is 0 Å². The summed E-state index contributed by atoms with van der Waals surface area (Å²) in [5.74, 6) is -0.950. The molecule has 0 N–H and O–H groups in total. The minimum Gasteiger partial charge on any atom is -0.495 e. The predicted molar refractivity (Wildman–Crippen MR) is 51.0 cm³/mol. The van der Waals surface area contributed by atoms with E-state index in [0.717, 1.165) is 12.1 Å². The van der Waals surface area contributed by atoms with E-state index in [-0.39, 0.29) is 15.7 Å². The fraction of sp³-hybridized carbons (Fsp3) is 0.143. The van der Waals surface area contributed by atoms with Gasteiger partial charge in [-0.2, -0.15) is 0 Å². The smallest absolute Gasteiger partial charge is 0.265 e. The van der Waals surface area contributed by atoms with Gasteiger partial charge in [-0.3, -0.25) is 0 Å². The SMILES string of the molecule is COc1cc(F)c(Cl)cc1S(=O)(=O)Cl. The summed E-state index contributed by atoms with van der Waals surface area (Å²) >= 11 is 5.40. The van der Waals surface area contributed by atoms with E-state index in [2.05, 4.69) is 4.74 Å². The molecule has 14 heavy (non-hydrogen) atoms. The lowest BCUT2D eigenvalue weighted by Crippen LogP contribution is -1.97. The quantitative estimate of drug-likeness (QED) is 0.766. The molecular weight excluding hydrogens is 254 g/mol. The fourth-order valence-corrected chi connectivity index (χ4v) is 2.09. The molecule has 0 bridgehead atoms. The Kier molecular flexibility index (Phi) is 3.24. The van der Waals surface area contributed by atoms with E-state index >= 15 is 0 Å². The van der Waals surface area contributed by atoms with E-state index in [1.807, 2.05) is 0 Å². The maximum atomic E-state index is 12.9. The third-order valence-electron chi connectivity index (χ3n) is 1.47. The second-order valence-electron chi connectivity index (χ2n) is 2.36. The van der Waals surface area contributed by atoms with E-state index in [4.69, 9.17) is 22.3 Å². The van der Waals surface area contributed by atoms with Crippen LogP contribution < -0.4 is 4.74 Å². The molecule has 0 heterocycles. The zero-order chi connectivity index (χ0) is 10.9. The molecule has 78 valence electrons. The van der Waals surface area contributed by atoms with Crippen molar-refractivity contribution in [2.75, 3.05) is 7.11 Å². The Labute approximate surface area is 89.8 Å². The number of halogens is 3. The first-order chi connectivity index (χ1) is 6.36. The Balaban J connectivity index is 3.51. The van der Waals surface area contributed by atoms with Gasteiger partial charge in [-0.1, -0.05) is 11.6 Å². The Bertz CT molecular complexity index is 458. The fourth-order valence-electron chi connectivity index (χ4n) is 0.860. The highest BCUT2D eigenvalue weighted by molar-refractivity contribution is 8.13. The highest BCUT2D eigenvalue weighted by atomic mass is 35.7. The highest BCUT2D eigenvalue weighted by Crippen LogP contribution is 2.31. The van der Waals surface area contributed by atoms with E-state index < -0.39 is 14.9 Å². The summed E-state index contributed by atoms with van der Waals surface area (Å²) in [5, 5.41) is -0.329. The van der Waals surface area contributed by atoms with Gasteiger partial charge in [0.1, 0.15) is 16.5 Å². The van der Waals surface area contributed by atoms with Crippen LogP contribution in [0.15, 0.2) is 17.0 Å². The van der Waals surface area contributed by atoms with Crippen LogP contribution in [0.5, 0.6) is 5.75 Å². The summed E-state index contributed by atoms with van der Waals surface area (Å²) in [6, 6.07) is 1.76. The lowest BCUT2D eigenvalue weighted by molar-refractivity contribution is 0.399. The van der Waals surface area contributed by atoms with Crippen molar-refractivity contribution >= 4 is 31.3 Å². The number of ether oxygens (including phenoxy) is 1. The number of hydrogen-bond donors (Lipinski definition) is 0. The minimum atomic E-state index is -3.99. The molecule has 0 spiro atoms. The maximum absolute atomic E-state index is 12.9. The van der Waals surface area contributed by atoms with Gasteiger partial charge >= 0.3 is 0 Å². The first-order valence-corrected chi connectivity index (χ1v) is 6.02. The molecule has 0 amide bonds. The van der Waals surface area contributed by atoms with Gasteiger partial charge in [0.05, 0.1) is 12.1 Å². The lowest BCUT2D eigenvalue weighted by Gasteiger charge is -2.06. The average molecular weight is 259 g/mol. The molecule has 0 saturated carbocycles. The van der Waals surface area contributed by atoms with E-state index in [1.54, 1.807) is 0 Å². The van der Waals surface area contributed by atoms with E-state index in [9.17, 15) is 12.8 Å². The highest BCUT2D eigenvalue weighted by Gasteiger charge is 2.19. The Hall–Kier alpha value is -0.520. The summed E-state index contributed by atoms with van der Waals surface area (Å²) in [7, 11) is 2.29. The molecule has 0 aliphatic carbocycles. The van der Waals surface area contributed by atoms with Crippen molar-refractivity contribution in [2.45, 2.75) is 4.90 Å². The summed E-state index contributed by atoms with van der Waals surface area (Å²) in [6.07, 6.45) is 0. The van der Waals surface area contributed by atoms with Gasteiger partial charge in [0, 0.05) is 16.7 Å². The minimum absolute atomic E-state index is 0.179. The first-order valence-electron chi connectivity index (χ1n) is 3.34. The summed E-state index contributed by atoms with van der Waals surface area (Å²) in [6.45, 7) is 0. The predicted octanol–water partition coefficient (Wildman–Crippen LogP) is 2.42. The number of methoxy groups -OCH3 is 1. The molecule has 3 nitrogen and oxygen atoms in total. The molecule has 0 aliphatic heterocycles. The molecule has 0 saturated heterocycles. The zero-order valence-electron chi connectivity index (χ0n) is 6.92. The molecule has 1 aromatic carbocycles. The van der Waals surface area contributed by atoms with Gasteiger partial charge in [0.15, 0.2) is 0 Å². The van der Waals surface area contributed by atoms with Crippen LogP contribution in [0, 0.1) is 5.82 Å². The van der Waals surface area contributed by atoms with Crippen LogP contribution in [0.25, 0.3) is 0 Å². The summed E-state index contributed by atoms with van der Waals surface area (Å²) in [5.41, 5.74) is 0. The molecule has 0 unspecified atom stereocenters. The molecule has 0 aliphatic rings. The van der Waals surface area contributed by atoms with Crippen molar-refractivity contribution in [1.29, 1.82) is 0 Å². The van der Waals surface area contributed by atoms with Crippen LogP contribution in [0.2, 0.25) is 5.02 Å². The monoisotopic (exact) mass is 258 g/mol. The van der Waals surface area contributed by atoms with E-state index in [1.165, 1.54) is 7.11 Å². The Morgan fingerprint density at radius 3 is 2.43 bits per heavy atom. The van der Waals surface area contributed by atoms with Crippen LogP contribution in [-0.2, 0) is 9.05 Å². The van der Waals surface area contributed by atoms with Crippen LogP contribution in [0.3, 0.4) is 0 Å². The molecule has 0 atom stereocenters. The molecule has 0 fully saturated rings. The second-order valence-corrected chi connectivity index (χ2v) is 5.30. The summed E-state index contributed by atoms with van der Waals surface area (Å²) < 4.78 is 39.5. The van der Waals surface area contributed by atoms with Crippen LogP contribution in [0.4, 0.5) is 4.39 Å². The Morgan fingerprint density at radius 2 is 2.00 bits per heavy atom. The van der Waals surface area contributed by atoms with E-state index in [0.29, 0.717) is 0 Å². The van der Waals surface area contributed by atoms with Gasteiger partial charge in [0.25, 0.3) is 9.05 Å². The zero-order valence-corrected chi connectivity index (χ0v) is 9.25. The van der Waals surface area contributed by atoms with Crippen molar-refractivity contribution in [3.63, 3.8) is 0 Å². The van der Waals surface area contributed by atoms with Gasteiger partial charge in [0.2, 0.25) is 0 Å². The van der Waals surface area contributed by atoms with Gasteiger partial charge in [-0.15, -0.1) is 0 Å². The molecular formula is C7H5Cl2FO3S. The van der Waals surface area contributed by atoms with Crippen molar-refractivity contribution in [1.82, 2.24) is 0 Å². The largest absolute Gasteiger partial charge is 0.495 e. The molecule has 1 aromatic rings. The first kappa shape index (κ1) is 11.6. The molecule has 7 heteroatoms. The summed E-state index contributed by atoms with van der Waals surface area (Å²) in [4.78, 5) is -0.354. The number of rotatable bonds is 2. The molecule has 0 radical (unpaired) electrons. The van der Waals surface area contributed by atoms with Crippen LogP contribution in [-0.4, -0.2) is 15.5 Å². The van der Waals surface area contributed by atoms with Gasteiger partial charge in [-0.05, 0) is 6.07 Å². The number of benzene rings is 1. The standard InChI is InChI=1S/C7H5Cl2FO3S/c1-13-6-3-5(10)4(8)2-7(6)14(9,11)12/h2-3H,1H3. The normalized spacial score (nSPS) is 11.4. The topological polar surface area (TPSA) is 43.4 Å². The van der Waals surface area contributed by atoms with Crippen molar-refractivity contribution in [2.24, 2.45) is 0 Å². The number of hydrogen-bond acceptors (Lipinski definition) is 3. The third kappa shape index (κ3) is 2.29. The molecule has 0 aromatic heterocycles. The van der Waals surface area contributed by atoms with Gasteiger partial charge in [-0.25, -0.2) is 12.8 Å². The van der Waals surface area contributed by atoms with Crippen LogP contribution >= 0.6 is 22.3 Å². The van der Waals surface area contributed by atoms with Gasteiger partial charge < -0.3 is 4.74 Å².